The molecule has 1 N–H and O–H groups in total. The first-order chi connectivity index (χ1) is 14.5. The van der Waals surface area contributed by atoms with E-state index in [9.17, 15) is 28.1 Å². The summed E-state index contributed by atoms with van der Waals surface area (Å²) in [5.74, 6) is -0.333. The van der Waals surface area contributed by atoms with Crippen molar-refractivity contribution in [2.24, 2.45) is 0 Å². The minimum absolute atomic E-state index is 0.00116. The van der Waals surface area contributed by atoms with E-state index in [2.05, 4.69) is 10.4 Å². The van der Waals surface area contributed by atoms with E-state index in [1.165, 1.54) is 19.1 Å². The quantitative estimate of drug-likeness (QED) is 0.441. The zero-order valence-electron chi connectivity index (χ0n) is 16.4. The molecule has 8 nitrogen and oxygen atoms in total. The van der Waals surface area contributed by atoms with Crippen LogP contribution >= 0.6 is 0 Å². The molecule has 2 aromatic carbocycles. The summed E-state index contributed by atoms with van der Waals surface area (Å²) in [4.78, 5) is 22.9. The third-order valence-electron chi connectivity index (χ3n) is 4.13. The summed E-state index contributed by atoms with van der Waals surface area (Å²) < 4.78 is 45.4. The van der Waals surface area contributed by atoms with Crippen molar-refractivity contribution in [3.05, 3.63) is 75.6 Å². The summed E-state index contributed by atoms with van der Waals surface area (Å²) in [7, 11) is 0. The monoisotopic (exact) mass is 434 g/mol. The lowest BCUT2D eigenvalue weighted by molar-refractivity contribution is -0.384. The number of nitro groups is 1. The molecule has 0 unspecified atom stereocenters. The van der Waals surface area contributed by atoms with Crippen LogP contribution in [0.15, 0.2) is 48.5 Å². The maximum atomic E-state index is 13.1. The number of hydrogen-bond donors (Lipinski definition) is 1. The number of rotatable bonds is 6. The zero-order chi connectivity index (χ0) is 22.8. The van der Waals surface area contributed by atoms with E-state index in [4.69, 9.17) is 4.74 Å². The minimum atomic E-state index is -4.68. The van der Waals surface area contributed by atoms with Crippen molar-refractivity contribution < 1.29 is 27.6 Å². The number of benzene rings is 2. The van der Waals surface area contributed by atoms with Crippen LogP contribution in [0.5, 0.6) is 11.5 Å². The highest BCUT2D eigenvalue weighted by molar-refractivity contribution is 5.91. The molecule has 3 rings (SSSR count). The Bertz CT molecular complexity index is 1120. The Hall–Kier alpha value is -3.89. The van der Waals surface area contributed by atoms with E-state index < -0.39 is 29.2 Å². The van der Waals surface area contributed by atoms with Crippen LogP contribution in [0.25, 0.3) is 0 Å². The van der Waals surface area contributed by atoms with Gasteiger partial charge >= 0.3 is 6.18 Å². The average Bonchev–Trinajstić information content (AvgIpc) is 3.03. The number of ether oxygens (including phenoxy) is 1. The molecule has 0 bridgehead atoms. The third-order valence-corrected chi connectivity index (χ3v) is 4.13. The summed E-state index contributed by atoms with van der Waals surface area (Å²) >= 11 is 0. The summed E-state index contributed by atoms with van der Waals surface area (Å²) in [6, 6.07) is 11.3. The maximum Gasteiger partial charge on any atom is 0.433 e. The van der Waals surface area contributed by atoms with Gasteiger partial charge in [0, 0.05) is 12.1 Å². The van der Waals surface area contributed by atoms with Crippen LogP contribution in [-0.2, 0) is 17.5 Å². The molecule has 31 heavy (non-hydrogen) atoms. The first-order valence-corrected chi connectivity index (χ1v) is 8.97. The van der Waals surface area contributed by atoms with E-state index in [0.717, 1.165) is 17.7 Å². The van der Waals surface area contributed by atoms with E-state index in [0.29, 0.717) is 10.4 Å². The Morgan fingerprint density at radius 1 is 1.13 bits per heavy atom. The lowest BCUT2D eigenvalue weighted by Crippen LogP contribution is -2.23. The smallest absolute Gasteiger partial charge is 0.433 e. The Kier molecular flexibility index (Phi) is 5.95. The van der Waals surface area contributed by atoms with Gasteiger partial charge in [-0.2, -0.15) is 18.3 Å². The van der Waals surface area contributed by atoms with Gasteiger partial charge in [-0.05, 0) is 32.0 Å². The molecule has 0 saturated carbocycles. The van der Waals surface area contributed by atoms with Gasteiger partial charge in [0.1, 0.15) is 23.7 Å². The van der Waals surface area contributed by atoms with Crippen molar-refractivity contribution in [1.29, 1.82) is 0 Å². The molecule has 11 heteroatoms. The average molecular weight is 434 g/mol. The van der Waals surface area contributed by atoms with E-state index in [-0.39, 0.29) is 22.8 Å². The highest BCUT2D eigenvalue weighted by Gasteiger charge is 2.35. The van der Waals surface area contributed by atoms with Gasteiger partial charge in [-0.3, -0.25) is 19.6 Å². The molecule has 0 aliphatic heterocycles. The number of amides is 1. The van der Waals surface area contributed by atoms with Crippen LogP contribution in [0.4, 0.5) is 24.5 Å². The number of anilines is 1. The first-order valence-electron chi connectivity index (χ1n) is 8.97. The molecule has 0 spiro atoms. The topological polar surface area (TPSA) is 99.3 Å². The molecule has 0 aliphatic rings. The van der Waals surface area contributed by atoms with Crippen molar-refractivity contribution >= 4 is 17.3 Å². The standard InChI is InChI=1S/C20H17F3N4O4/c1-12-3-5-16(6-4-12)31-17-9-14(8-15(10-17)27(29)30)24-19(28)11-26-18(20(21,22)23)7-13(2)25-26/h3-10H,11H2,1-2H3,(H,24,28). The van der Waals surface area contributed by atoms with Crippen molar-refractivity contribution in [2.75, 3.05) is 5.32 Å². The number of nitrogens with one attached hydrogen (secondary N) is 1. The van der Waals surface area contributed by atoms with Crippen LogP contribution in [0.2, 0.25) is 0 Å². The predicted molar refractivity (Wildman–Crippen MR) is 105 cm³/mol. The van der Waals surface area contributed by atoms with Crippen molar-refractivity contribution in [3.63, 3.8) is 0 Å². The van der Waals surface area contributed by atoms with Crippen LogP contribution in [0.3, 0.4) is 0 Å². The van der Waals surface area contributed by atoms with Gasteiger partial charge in [-0.25, -0.2) is 0 Å². The number of nitrogens with zero attached hydrogens (tertiary/aromatic N) is 3. The third kappa shape index (κ3) is 5.59. The molecule has 0 fully saturated rings. The fourth-order valence-electron chi connectivity index (χ4n) is 2.79. The molecule has 162 valence electrons. The summed E-state index contributed by atoms with van der Waals surface area (Å²) in [5, 5.41) is 17.3. The van der Waals surface area contributed by atoms with Gasteiger partial charge in [0.05, 0.1) is 22.4 Å². The van der Waals surface area contributed by atoms with Crippen molar-refractivity contribution in [3.8, 4) is 11.5 Å². The Morgan fingerprint density at radius 3 is 2.42 bits per heavy atom. The molecular weight excluding hydrogens is 417 g/mol. The zero-order valence-corrected chi connectivity index (χ0v) is 16.4. The number of non-ortho nitro benzene ring substituents is 1. The summed E-state index contributed by atoms with van der Waals surface area (Å²) in [6.07, 6.45) is -4.68. The van der Waals surface area contributed by atoms with Crippen LogP contribution in [0.1, 0.15) is 17.0 Å². The molecular formula is C20H17F3N4O4. The predicted octanol–water partition coefficient (Wildman–Crippen LogP) is 4.86. The molecule has 0 saturated heterocycles. The fraction of sp³-hybridized carbons (Fsp3) is 0.200. The number of alkyl halides is 3. The molecule has 1 heterocycles. The number of carbonyl (C=O) groups is 1. The second-order valence-electron chi connectivity index (χ2n) is 6.76. The van der Waals surface area contributed by atoms with Crippen molar-refractivity contribution in [2.45, 2.75) is 26.6 Å². The van der Waals surface area contributed by atoms with Gasteiger partial charge < -0.3 is 10.1 Å². The second kappa shape index (κ2) is 8.46. The van der Waals surface area contributed by atoms with Gasteiger partial charge in [0.2, 0.25) is 5.91 Å². The maximum absolute atomic E-state index is 13.1. The number of aromatic nitrogens is 2. The van der Waals surface area contributed by atoms with Gasteiger partial charge in [-0.1, -0.05) is 17.7 Å². The molecule has 1 amide bonds. The summed E-state index contributed by atoms with van der Waals surface area (Å²) in [5.41, 5.74) is -0.331. The van der Waals surface area contributed by atoms with Crippen LogP contribution < -0.4 is 10.1 Å². The lowest BCUT2D eigenvalue weighted by atomic mass is 10.2. The van der Waals surface area contributed by atoms with Gasteiger partial charge in [0.25, 0.3) is 5.69 Å². The van der Waals surface area contributed by atoms with E-state index >= 15 is 0 Å². The Balaban J connectivity index is 1.82. The lowest BCUT2D eigenvalue weighted by Gasteiger charge is -2.12. The molecule has 0 atom stereocenters. The SMILES string of the molecule is Cc1ccc(Oc2cc(NC(=O)Cn3nc(C)cc3C(F)(F)F)cc([N+](=O)[O-])c2)cc1. The fourth-order valence-corrected chi connectivity index (χ4v) is 2.79. The minimum Gasteiger partial charge on any atom is -0.457 e. The molecule has 3 aromatic rings. The highest BCUT2D eigenvalue weighted by atomic mass is 19.4. The van der Waals surface area contributed by atoms with Crippen LogP contribution in [-0.4, -0.2) is 20.6 Å². The second-order valence-corrected chi connectivity index (χ2v) is 6.76. The molecule has 0 radical (unpaired) electrons. The largest absolute Gasteiger partial charge is 0.457 e. The molecule has 1 aromatic heterocycles. The van der Waals surface area contributed by atoms with E-state index in [1.807, 2.05) is 6.92 Å². The normalized spacial score (nSPS) is 11.3. The number of aryl methyl sites for hydroxylation is 2. The Labute approximate surface area is 174 Å². The van der Waals surface area contributed by atoms with Crippen molar-refractivity contribution in [1.82, 2.24) is 9.78 Å². The highest BCUT2D eigenvalue weighted by Crippen LogP contribution is 2.31. The van der Waals surface area contributed by atoms with Gasteiger partial charge in [-0.15, -0.1) is 0 Å². The van der Waals surface area contributed by atoms with Gasteiger partial charge in [0.15, 0.2) is 0 Å². The number of halogens is 3. The first kappa shape index (κ1) is 21.8. The van der Waals surface area contributed by atoms with Crippen LogP contribution in [0, 0.1) is 24.0 Å². The molecule has 0 aliphatic carbocycles. The Morgan fingerprint density at radius 2 is 1.81 bits per heavy atom. The number of hydrogen-bond acceptors (Lipinski definition) is 5. The number of carbonyl (C=O) groups excluding carboxylic acids is 1. The number of nitro benzene ring substituents is 1. The van der Waals surface area contributed by atoms with E-state index in [1.54, 1.807) is 24.3 Å². The summed E-state index contributed by atoms with van der Waals surface area (Å²) in [6.45, 7) is 2.54.